The minimum absolute atomic E-state index is 0.106. The number of rotatable bonds is 3. The lowest BCUT2D eigenvalue weighted by molar-refractivity contribution is 0.0515. The topological polar surface area (TPSA) is 70.1 Å². The molecular weight excluding hydrogens is 230 g/mol. The van der Waals surface area contributed by atoms with E-state index in [0.29, 0.717) is 18.1 Å². The van der Waals surface area contributed by atoms with Crippen molar-refractivity contribution < 1.29 is 9.53 Å². The number of aromatic nitrogens is 2. The molecule has 18 heavy (non-hydrogen) atoms. The minimum Gasteiger partial charge on any atom is -0.461 e. The van der Waals surface area contributed by atoms with Crippen LogP contribution in [0.3, 0.4) is 0 Å². The largest absolute Gasteiger partial charge is 0.461 e. The predicted molar refractivity (Wildman–Crippen MR) is 71.7 cm³/mol. The molecule has 1 aromatic heterocycles. The van der Waals surface area contributed by atoms with Crippen LogP contribution in [0.5, 0.6) is 0 Å². The van der Waals surface area contributed by atoms with Crippen LogP contribution in [0, 0.1) is 0 Å². The zero-order valence-corrected chi connectivity index (χ0v) is 12.1. The zero-order valence-electron chi connectivity index (χ0n) is 12.1. The summed E-state index contributed by atoms with van der Waals surface area (Å²) in [6.07, 6.45) is 0. The van der Waals surface area contributed by atoms with Crippen molar-refractivity contribution in [2.75, 3.05) is 12.3 Å². The molecular formula is C13H23N3O2. The number of nitrogen functional groups attached to an aromatic ring is 1. The van der Waals surface area contributed by atoms with Gasteiger partial charge >= 0.3 is 5.97 Å². The van der Waals surface area contributed by atoms with E-state index < -0.39 is 5.97 Å². The Kier molecular flexibility index (Phi) is 4.04. The lowest BCUT2D eigenvalue weighted by atomic mass is 9.86. The fraction of sp³-hybridized carbons (Fsp3) is 0.692. The molecule has 0 aliphatic heterocycles. The Hall–Kier alpha value is -1.52. The van der Waals surface area contributed by atoms with Crippen LogP contribution in [-0.2, 0) is 10.2 Å². The Bertz CT molecular complexity index is 442. The average molecular weight is 253 g/mol. The first-order chi connectivity index (χ1) is 8.20. The second kappa shape index (κ2) is 5.00. The lowest BCUT2D eigenvalue weighted by Gasteiger charge is -2.19. The number of nitrogens with zero attached hydrogens (tertiary/aromatic N) is 2. The second-order valence-electron chi connectivity index (χ2n) is 5.62. The highest BCUT2D eigenvalue weighted by atomic mass is 16.5. The van der Waals surface area contributed by atoms with Gasteiger partial charge in [0.1, 0.15) is 5.82 Å². The van der Waals surface area contributed by atoms with Crippen LogP contribution >= 0.6 is 0 Å². The maximum absolute atomic E-state index is 11.9. The second-order valence-corrected chi connectivity index (χ2v) is 5.62. The zero-order chi connectivity index (χ0) is 14.1. The molecule has 0 aromatic carbocycles. The summed E-state index contributed by atoms with van der Waals surface area (Å²) in [6, 6.07) is 0.106. The molecule has 0 atom stereocenters. The Morgan fingerprint density at radius 3 is 2.39 bits per heavy atom. The summed E-state index contributed by atoms with van der Waals surface area (Å²) in [4.78, 5) is 11.9. The third-order valence-corrected chi connectivity index (χ3v) is 2.66. The summed E-state index contributed by atoms with van der Waals surface area (Å²) in [6.45, 7) is 12.1. The molecule has 0 saturated heterocycles. The maximum atomic E-state index is 11.9. The molecule has 0 saturated carbocycles. The molecule has 102 valence electrons. The molecule has 0 unspecified atom stereocenters. The molecule has 1 heterocycles. The first kappa shape index (κ1) is 14.5. The molecule has 0 aliphatic rings. The Morgan fingerprint density at radius 2 is 2.00 bits per heavy atom. The molecule has 1 rings (SSSR count). The van der Waals surface area contributed by atoms with Gasteiger partial charge in [-0.3, -0.25) is 0 Å². The van der Waals surface area contributed by atoms with Crippen LogP contribution < -0.4 is 5.73 Å². The summed E-state index contributed by atoms with van der Waals surface area (Å²) in [5.41, 5.74) is 6.96. The highest BCUT2D eigenvalue weighted by Gasteiger charge is 2.31. The monoisotopic (exact) mass is 253 g/mol. The van der Waals surface area contributed by atoms with E-state index in [1.54, 1.807) is 11.6 Å². The van der Waals surface area contributed by atoms with E-state index in [2.05, 4.69) is 5.10 Å². The summed E-state index contributed by atoms with van der Waals surface area (Å²) in [7, 11) is 0. The Morgan fingerprint density at radius 1 is 1.44 bits per heavy atom. The quantitative estimate of drug-likeness (QED) is 0.840. The molecule has 0 fully saturated rings. The van der Waals surface area contributed by atoms with Crippen molar-refractivity contribution in [3.05, 3.63) is 11.3 Å². The van der Waals surface area contributed by atoms with Crippen molar-refractivity contribution in [2.24, 2.45) is 0 Å². The molecule has 5 heteroatoms. The first-order valence-corrected chi connectivity index (χ1v) is 6.25. The average Bonchev–Trinajstić information content (AvgIpc) is 2.55. The summed E-state index contributed by atoms with van der Waals surface area (Å²) >= 11 is 0. The van der Waals surface area contributed by atoms with Gasteiger partial charge in [0.2, 0.25) is 0 Å². The minimum atomic E-state index is -0.409. The van der Waals surface area contributed by atoms with Gasteiger partial charge in [0, 0.05) is 11.6 Å². The molecule has 0 amide bonds. The van der Waals surface area contributed by atoms with Crippen molar-refractivity contribution in [1.82, 2.24) is 9.78 Å². The third-order valence-electron chi connectivity index (χ3n) is 2.66. The summed E-state index contributed by atoms with van der Waals surface area (Å²) < 4.78 is 6.71. The van der Waals surface area contributed by atoms with Crippen molar-refractivity contribution in [3.63, 3.8) is 0 Å². The van der Waals surface area contributed by atoms with E-state index in [1.165, 1.54) is 0 Å². The van der Waals surface area contributed by atoms with Crippen molar-refractivity contribution in [3.8, 4) is 0 Å². The Labute approximate surface area is 108 Å². The number of nitrogens with two attached hydrogens (primary N) is 1. The van der Waals surface area contributed by atoms with Crippen molar-refractivity contribution >= 4 is 11.8 Å². The standard InChI is InChI=1S/C13H23N3O2/c1-7-18-12(17)10-9(13(4,5)6)11(14)16(15-10)8(2)3/h8H,7,14H2,1-6H3. The number of esters is 1. The van der Waals surface area contributed by atoms with Crippen LogP contribution in [0.4, 0.5) is 5.82 Å². The molecule has 0 aliphatic carbocycles. The fourth-order valence-corrected chi connectivity index (χ4v) is 1.92. The summed E-state index contributed by atoms with van der Waals surface area (Å²) in [5, 5.41) is 4.31. The van der Waals surface area contributed by atoms with Gasteiger partial charge in [-0.15, -0.1) is 0 Å². The number of hydrogen-bond acceptors (Lipinski definition) is 4. The van der Waals surface area contributed by atoms with Gasteiger partial charge in [-0.05, 0) is 26.2 Å². The SMILES string of the molecule is CCOC(=O)c1nn(C(C)C)c(N)c1C(C)(C)C. The maximum Gasteiger partial charge on any atom is 0.359 e. The van der Waals surface area contributed by atoms with Crippen LogP contribution in [0.2, 0.25) is 0 Å². The van der Waals surface area contributed by atoms with Crippen LogP contribution in [0.1, 0.15) is 63.6 Å². The van der Waals surface area contributed by atoms with Crippen LogP contribution in [-0.4, -0.2) is 22.4 Å². The van der Waals surface area contributed by atoms with Gasteiger partial charge in [-0.25, -0.2) is 9.48 Å². The number of hydrogen-bond donors (Lipinski definition) is 1. The lowest BCUT2D eigenvalue weighted by Crippen LogP contribution is -2.18. The van der Waals surface area contributed by atoms with E-state index in [-0.39, 0.29) is 11.5 Å². The van der Waals surface area contributed by atoms with Gasteiger partial charge in [-0.1, -0.05) is 20.8 Å². The Balaban J connectivity index is 3.41. The van der Waals surface area contributed by atoms with Crippen LogP contribution in [0.25, 0.3) is 0 Å². The van der Waals surface area contributed by atoms with Gasteiger partial charge < -0.3 is 10.5 Å². The molecule has 0 bridgehead atoms. The number of carbonyl (C=O) groups excluding carboxylic acids is 1. The normalized spacial score (nSPS) is 11.9. The number of anilines is 1. The van der Waals surface area contributed by atoms with Crippen LogP contribution in [0.15, 0.2) is 0 Å². The van der Waals surface area contributed by atoms with Gasteiger partial charge in [0.25, 0.3) is 0 Å². The van der Waals surface area contributed by atoms with E-state index in [4.69, 9.17) is 10.5 Å². The van der Waals surface area contributed by atoms with E-state index in [0.717, 1.165) is 5.56 Å². The van der Waals surface area contributed by atoms with Gasteiger partial charge in [-0.2, -0.15) is 5.10 Å². The third kappa shape index (κ3) is 2.66. The summed E-state index contributed by atoms with van der Waals surface area (Å²) in [5.74, 6) is 0.133. The molecule has 1 aromatic rings. The highest BCUT2D eigenvalue weighted by Crippen LogP contribution is 2.32. The number of ether oxygens (including phenoxy) is 1. The van der Waals surface area contributed by atoms with E-state index in [1.807, 2.05) is 34.6 Å². The van der Waals surface area contributed by atoms with E-state index in [9.17, 15) is 4.79 Å². The smallest absolute Gasteiger partial charge is 0.359 e. The van der Waals surface area contributed by atoms with Crippen molar-refractivity contribution in [1.29, 1.82) is 0 Å². The van der Waals surface area contributed by atoms with Gasteiger partial charge in [0.05, 0.1) is 6.61 Å². The molecule has 0 spiro atoms. The van der Waals surface area contributed by atoms with Crippen molar-refractivity contribution in [2.45, 2.75) is 53.0 Å². The fourth-order valence-electron chi connectivity index (χ4n) is 1.92. The number of carbonyl (C=O) groups is 1. The van der Waals surface area contributed by atoms with Gasteiger partial charge in [0.15, 0.2) is 5.69 Å². The molecule has 2 N–H and O–H groups in total. The molecule has 0 radical (unpaired) electrons. The molecule has 5 nitrogen and oxygen atoms in total. The predicted octanol–water partition coefficient (Wildman–Crippen LogP) is 2.52. The highest BCUT2D eigenvalue weighted by molar-refractivity contribution is 5.91. The van der Waals surface area contributed by atoms with E-state index >= 15 is 0 Å². The first-order valence-electron chi connectivity index (χ1n) is 6.25.